The van der Waals surface area contributed by atoms with Crippen molar-refractivity contribution in [2.75, 3.05) is 11.9 Å². The first kappa shape index (κ1) is 19.1. The van der Waals surface area contributed by atoms with Gasteiger partial charge in [-0.3, -0.25) is 9.69 Å². The minimum Gasteiger partial charge on any atom is -0.324 e. The van der Waals surface area contributed by atoms with Crippen molar-refractivity contribution in [3.05, 3.63) is 71.9 Å². The predicted octanol–water partition coefficient (Wildman–Crippen LogP) is 4.38. The Morgan fingerprint density at radius 1 is 1.04 bits per heavy atom. The molecule has 1 aromatic carbocycles. The third kappa shape index (κ3) is 4.61. The molecule has 0 saturated carbocycles. The zero-order valence-corrected chi connectivity index (χ0v) is 17.9. The van der Waals surface area contributed by atoms with E-state index in [0.29, 0.717) is 34.3 Å². The van der Waals surface area contributed by atoms with Crippen LogP contribution in [0.4, 0.5) is 5.69 Å². The topological polar surface area (TPSA) is 81.0 Å². The molecule has 4 aromatic rings. The van der Waals surface area contributed by atoms with E-state index in [-0.39, 0.29) is 18.1 Å². The Morgan fingerprint density at radius 3 is 2.21 bits per heavy atom. The van der Waals surface area contributed by atoms with E-state index in [0.717, 1.165) is 0 Å². The molecule has 0 aliphatic heterocycles. The van der Waals surface area contributed by atoms with E-state index in [9.17, 15) is 9.59 Å². The molecule has 0 aliphatic rings. The van der Waals surface area contributed by atoms with Crippen molar-refractivity contribution < 1.29 is 4.79 Å². The number of thiophene rings is 2. The van der Waals surface area contributed by atoms with E-state index in [4.69, 9.17) is 0 Å². The number of aromatic amines is 2. The molecule has 0 atom stereocenters. The van der Waals surface area contributed by atoms with E-state index in [1.165, 1.54) is 9.75 Å². The van der Waals surface area contributed by atoms with Gasteiger partial charge in [-0.15, -0.1) is 22.7 Å². The number of aromatic nitrogens is 2. The van der Waals surface area contributed by atoms with E-state index in [1.807, 2.05) is 22.9 Å². The first-order chi connectivity index (χ1) is 13.6. The molecule has 0 radical (unpaired) electrons. The Bertz CT molecular complexity index is 1100. The molecule has 0 aliphatic carbocycles. The fraction of sp³-hybridized carbons (Fsp3) is 0.158. The minimum atomic E-state index is -0.275. The van der Waals surface area contributed by atoms with Gasteiger partial charge in [0.25, 0.3) is 0 Å². The van der Waals surface area contributed by atoms with Crippen molar-refractivity contribution in [2.24, 2.45) is 0 Å². The number of rotatable bonds is 7. The molecule has 9 heteroatoms. The molecule has 144 valence electrons. The van der Waals surface area contributed by atoms with Gasteiger partial charge in [0.1, 0.15) is 0 Å². The van der Waals surface area contributed by atoms with E-state index < -0.39 is 0 Å². The normalized spacial score (nSPS) is 11.4. The number of amides is 1. The maximum Gasteiger partial charge on any atom is 0.323 e. The van der Waals surface area contributed by atoms with Gasteiger partial charge in [0.15, 0.2) is 0 Å². The number of nitrogens with one attached hydrogen (secondary N) is 3. The number of anilines is 1. The maximum absolute atomic E-state index is 12.7. The molecule has 0 bridgehead atoms. The SMILES string of the molecule is O=C(CN(Cc1cccs1)Cc1cccs1)Nc1cc2[nH]c(=O)[nH]c2cc1Br. The van der Waals surface area contributed by atoms with E-state index >= 15 is 0 Å². The minimum absolute atomic E-state index is 0.106. The van der Waals surface area contributed by atoms with Crippen molar-refractivity contribution in [2.45, 2.75) is 13.1 Å². The van der Waals surface area contributed by atoms with Gasteiger partial charge in [0, 0.05) is 27.3 Å². The molecular formula is C19H17BrN4O2S2. The van der Waals surface area contributed by atoms with Gasteiger partial charge in [-0.1, -0.05) is 12.1 Å². The van der Waals surface area contributed by atoms with Crippen molar-refractivity contribution in [1.29, 1.82) is 0 Å². The van der Waals surface area contributed by atoms with Gasteiger partial charge in [-0.05, 0) is 51.0 Å². The van der Waals surface area contributed by atoms with Crippen LogP contribution in [0, 0.1) is 0 Å². The summed E-state index contributed by atoms with van der Waals surface area (Å²) in [4.78, 5) is 34.2. The van der Waals surface area contributed by atoms with Crippen molar-refractivity contribution in [3.63, 3.8) is 0 Å². The number of carbonyl (C=O) groups excluding carboxylic acids is 1. The van der Waals surface area contributed by atoms with E-state index in [1.54, 1.807) is 34.8 Å². The number of nitrogens with zero attached hydrogens (tertiary/aromatic N) is 1. The number of imidazole rings is 1. The van der Waals surface area contributed by atoms with Gasteiger partial charge in [-0.2, -0.15) is 0 Å². The number of carbonyl (C=O) groups is 1. The fourth-order valence-corrected chi connectivity index (χ4v) is 4.89. The summed E-state index contributed by atoms with van der Waals surface area (Å²) in [5.74, 6) is -0.106. The van der Waals surface area contributed by atoms with Crippen molar-refractivity contribution in [1.82, 2.24) is 14.9 Å². The molecule has 0 unspecified atom stereocenters. The number of H-pyrrole nitrogens is 2. The summed E-state index contributed by atoms with van der Waals surface area (Å²) in [5, 5.41) is 7.03. The van der Waals surface area contributed by atoms with Crippen molar-refractivity contribution >= 4 is 61.2 Å². The highest BCUT2D eigenvalue weighted by Gasteiger charge is 2.15. The largest absolute Gasteiger partial charge is 0.324 e. The number of hydrogen-bond acceptors (Lipinski definition) is 5. The smallest absolute Gasteiger partial charge is 0.323 e. The van der Waals surface area contributed by atoms with Crippen LogP contribution in [0.25, 0.3) is 11.0 Å². The Labute approximate surface area is 177 Å². The highest BCUT2D eigenvalue weighted by atomic mass is 79.9. The lowest BCUT2D eigenvalue weighted by Crippen LogP contribution is -2.32. The van der Waals surface area contributed by atoms with Crippen LogP contribution in [0.2, 0.25) is 0 Å². The maximum atomic E-state index is 12.7. The molecular weight excluding hydrogens is 460 g/mol. The Balaban J connectivity index is 1.49. The third-order valence-electron chi connectivity index (χ3n) is 4.16. The van der Waals surface area contributed by atoms with Crippen LogP contribution in [-0.2, 0) is 17.9 Å². The zero-order chi connectivity index (χ0) is 19.5. The highest BCUT2D eigenvalue weighted by molar-refractivity contribution is 9.10. The van der Waals surface area contributed by atoms with Gasteiger partial charge in [0.05, 0.1) is 23.3 Å². The van der Waals surface area contributed by atoms with Gasteiger partial charge < -0.3 is 15.3 Å². The van der Waals surface area contributed by atoms with Crippen LogP contribution < -0.4 is 11.0 Å². The monoisotopic (exact) mass is 476 g/mol. The summed E-state index contributed by atoms with van der Waals surface area (Å²) in [6.07, 6.45) is 0. The second-order valence-electron chi connectivity index (χ2n) is 6.31. The first-order valence-corrected chi connectivity index (χ1v) is 11.1. The molecule has 3 N–H and O–H groups in total. The van der Waals surface area contributed by atoms with Crippen LogP contribution in [-0.4, -0.2) is 27.3 Å². The summed E-state index contributed by atoms with van der Waals surface area (Å²) in [5.41, 5.74) is 1.69. The molecule has 0 spiro atoms. The van der Waals surface area contributed by atoms with Crippen LogP contribution >= 0.6 is 38.6 Å². The molecule has 0 saturated heterocycles. The number of halogens is 1. The zero-order valence-electron chi connectivity index (χ0n) is 14.7. The average Bonchev–Trinajstić information content (AvgIpc) is 3.37. The molecule has 4 rings (SSSR count). The number of fused-ring (bicyclic) bond motifs is 1. The summed E-state index contributed by atoms with van der Waals surface area (Å²) >= 11 is 6.83. The summed E-state index contributed by atoms with van der Waals surface area (Å²) in [7, 11) is 0. The van der Waals surface area contributed by atoms with Crippen LogP contribution in [0.1, 0.15) is 9.75 Å². The Kier molecular flexibility index (Phi) is 5.77. The van der Waals surface area contributed by atoms with Gasteiger partial charge in [0.2, 0.25) is 5.91 Å². The van der Waals surface area contributed by atoms with Gasteiger partial charge >= 0.3 is 5.69 Å². The van der Waals surface area contributed by atoms with Gasteiger partial charge in [-0.25, -0.2) is 4.79 Å². The molecule has 0 fully saturated rings. The fourth-order valence-electron chi connectivity index (χ4n) is 2.96. The molecule has 3 aromatic heterocycles. The van der Waals surface area contributed by atoms with Crippen molar-refractivity contribution in [3.8, 4) is 0 Å². The third-order valence-corrected chi connectivity index (χ3v) is 6.54. The summed E-state index contributed by atoms with van der Waals surface area (Å²) < 4.78 is 0.715. The summed E-state index contributed by atoms with van der Waals surface area (Å²) in [6.45, 7) is 1.70. The second-order valence-corrected chi connectivity index (χ2v) is 9.23. The predicted molar refractivity (Wildman–Crippen MR) is 118 cm³/mol. The molecule has 3 heterocycles. The quantitative estimate of drug-likeness (QED) is 0.370. The average molecular weight is 477 g/mol. The van der Waals surface area contributed by atoms with Crippen LogP contribution in [0.5, 0.6) is 0 Å². The lowest BCUT2D eigenvalue weighted by Gasteiger charge is -2.20. The summed E-state index contributed by atoms with van der Waals surface area (Å²) in [6, 6.07) is 11.7. The molecule has 28 heavy (non-hydrogen) atoms. The van der Waals surface area contributed by atoms with Crippen LogP contribution in [0.15, 0.2) is 56.4 Å². The second kappa shape index (κ2) is 8.44. The standard InChI is InChI=1S/C19H17BrN4O2S2/c20-14-7-16-17(23-19(26)22-16)8-15(14)21-18(25)11-24(9-12-3-1-5-27-12)10-13-4-2-6-28-13/h1-8H,9-11H2,(H,21,25)(H2,22,23,26). The molecule has 1 amide bonds. The van der Waals surface area contributed by atoms with E-state index in [2.05, 4.69) is 48.2 Å². The first-order valence-electron chi connectivity index (χ1n) is 8.55. The number of hydrogen-bond donors (Lipinski definition) is 3. The lowest BCUT2D eigenvalue weighted by molar-refractivity contribution is -0.117. The number of benzene rings is 1. The lowest BCUT2D eigenvalue weighted by atomic mass is 10.2. The Morgan fingerprint density at radius 2 is 1.64 bits per heavy atom. The molecule has 6 nitrogen and oxygen atoms in total. The van der Waals surface area contributed by atoms with Crippen LogP contribution in [0.3, 0.4) is 0 Å². The Hall–Kier alpha value is -2.20. The highest BCUT2D eigenvalue weighted by Crippen LogP contribution is 2.26.